The molecule has 0 saturated heterocycles. The molecule has 25 heavy (non-hydrogen) atoms. The SMILES string of the molecule is C/C=C\C(=C/C)c1ccc2c(c1)c1ccccc1n2-c1ccccc1. The van der Waals surface area contributed by atoms with Crippen LogP contribution in [-0.4, -0.2) is 4.57 Å². The van der Waals surface area contributed by atoms with Gasteiger partial charge in [-0.15, -0.1) is 0 Å². The third kappa shape index (κ3) is 2.58. The standard InChI is InChI=1S/C24H21N/c1-3-10-18(4-2)19-15-16-24-22(17-19)21-13-8-9-14-23(21)25(24)20-11-6-5-7-12-20/h3-17H,1-2H3/b10-3-,18-4+. The number of hydrogen-bond acceptors (Lipinski definition) is 0. The van der Waals surface area contributed by atoms with Crippen LogP contribution in [0.5, 0.6) is 0 Å². The Balaban J connectivity index is 2.06. The van der Waals surface area contributed by atoms with Gasteiger partial charge >= 0.3 is 0 Å². The number of fused-ring (bicyclic) bond motifs is 3. The molecule has 0 saturated carbocycles. The van der Waals surface area contributed by atoms with Crippen molar-refractivity contribution in [3.8, 4) is 5.69 Å². The van der Waals surface area contributed by atoms with Gasteiger partial charge in [-0.2, -0.15) is 0 Å². The van der Waals surface area contributed by atoms with Gasteiger partial charge in [0.1, 0.15) is 0 Å². The molecule has 0 radical (unpaired) electrons. The Hall–Kier alpha value is -3.06. The molecule has 0 amide bonds. The number of benzene rings is 3. The van der Waals surface area contributed by atoms with Gasteiger partial charge in [0.05, 0.1) is 11.0 Å². The summed E-state index contributed by atoms with van der Waals surface area (Å²) < 4.78 is 2.35. The quantitative estimate of drug-likeness (QED) is 0.367. The predicted octanol–water partition coefficient (Wildman–Crippen LogP) is 6.76. The lowest BCUT2D eigenvalue weighted by atomic mass is 10.0. The van der Waals surface area contributed by atoms with E-state index >= 15 is 0 Å². The van der Waals surface area contributed by atoms with Gasteiger partial charge in [0.2, 0.25) is 0 Å². The van der Waals surface area contributed by atoms with Gasteiger partial charge in [-0.3, -0.25) is 0 Å². The van der Waals surface area contributed by atoms with Crippen LogP contribution in [-0.2, 0) is 0 Å². The van der Waals surface area contributed by atoms with Crippen molar-refractivity contribution in [3.63, 3.8) is 0 Å². The highest BCUT2D eigenvalue weighted by atomic mass is 15.0. The van der Waals surface area contributed by atoms with Crippen molar-refractivity contribution in [2.75, 3.05) is 0 Å². The Labute approximate surface area is 148 Å². The van der Waals surface area contributed by atoms with Crippen molar-refractivity contribution >= 4 is 27.4 Å². The Morgan fingerprint density at radius 3 is 2.24 bits per heavy atom. The molecule has 0 atom stereocenters. The second-order valence-corrected chi connectivity index (χ2v) is 6.16. The fourth-order valence-corrected chi connectivity index (χ4v) is 3.55. The molecule has 1 heterocycles. The third-order valence-electron chi connectivity index (χ3n) is 4.68. The molecule has 3 aromatic carbocycles. The van der Waals surface area contributed by atoms with E-state index in [9.17, 15) is 0 Å². The molecule has 0 N–H and O–H groups in total. The van der Waals surface area contributed by atoms with E-state index in [1.165, 1.54) is 38.6 Å². The van der Waals surface area contributed by atoms with Crippen LogP contribution in [0.3, 0.4) is 0 Å². The van der Waals surface area contributed by atoms with E-state index < -0.39 is 0 Å². The second-order valence-electron chi connectivity index (χ2n) is 6.16. The monoisotopic (exact) mass is 323 g/mol. The van der Waals surface area contributed by atoms with E-state index in [-0.39, 0.29) is 0 Å². The maximum Gasteiger partial charge on any atom is 0.0541 e. The molecule has 1 nitrogen and oxygen atoms in total. The van der Waals surface area contributed by atoms with E-state index in [1.54, 1.807) is 0 Å². The molecule has 122 valence electrons. The minimum absolute atomic E-state index is 1.20. The molecular formula is C24H21N. The molecule has 4 rings (SSSR count). The van der Waals surface area contributed by atoms with E-state index in [4.69, 9.17) is 0 Å². The van der Waals surface area contributed by atoms with Gasteiger partial charge in [-0.1, -0.05) is 60.7 Å². The van der Waals surface area contributed by atoms with Crippen molar-refractivity contribution in [3.05, 3.63) is 96.6 Å². The van der Waals surface area contributed by atoms with Crippen LogP contribution >= 0.6 is 0 Å². The molecule has 0 aliphatic heterocycles. The van der Waals surface area contributed by atoms with E-state index in [0.29, 0.717) is 0 Å². The summed E-state index contributed by atoms with van der Waals surface area (Å²) in [5.41, 5.74) is 6.19. The van der Waals surface area contributed by atoms with Crippen molar-refractivity contribution in [1.29, 1.82) is 0 Å². The maximum atomic E-state index is 2.35. The Kier molecular flexibility index (Phi) is 3.99. The molecule has 0 spiro atoms. The molecule has 0 aliphatic rings. The lowest BCUT2D eigenvalue weighted by Gasteiger charge is -2.08. The lowest BCUT2D eigenvalue weighted by molar-refractivity contribution is 1.18. The summed E-state index contributed by atoms with van der Waals surface area (Å²) in [4.78, 5) is 0. The van der Waals surface area contributed by atoms with Crippen molar-refractivity contribution < 1.29 is 0 Å². The van der Waals surface area contributed by atoms with Crippen LogP contribution in [0.2, 0.25) is 0 Å². The molecule has 1 aromatic heterocycles. The number of allylic oxidation sites excluding steroid dienone is 4. The average molecular weight is 323 g/mol. The zero-order chi connectivity index (χ0) is 17.2. The normalized spacial score (nSPS) is 12.5. The average Bonchev–Trinajstić information content (AvgIpc) is 3.00. The van der Waals surface area contributed by atoms with E-state index in [2.05, 4.69) is 109 Å². The minimum atomic E-state index is 1.20. The highest BCUT2D eigenvalue weighted by Gasteiger charge is 2.12. The fourth-order valence-electron chi connectivity index (χ4n) is 3.55. The molecule has 0 aliphatic carbocycles. The summed E-state index contributed by atoms with van der Waals surface area (Å²) in [5, 5.41) is 2.58. The smallest absolute Gasteiger partial charge is 0.0541 e. The first kappa shape index (κ1) is 15.5. The first-order valence-corrected chi connectivity index (χ1v) is 8.71. The van der Waals surface area contributed by atoms with Crippen LogP contribution in [0.15, 0.2) is 91.0 Å². The number of hydrogen-bond donors (Lipinski definition) is 0. The maximum absolute atomic E-state index is 2.35. The number of nitrogens with zero attached hydrogens (tertiary/aromatic N) is 1. The van der Waals surface area contributed by atoms with E-state index in [0.717, 1.165) is 0 Å². The molecular weight excluding hydrogens is 302 g/mol. The van der Waals surface area contributed by atoms with Gasteiger partial charge < -0.3 is 4.57 Å². The Morgan fingerprint density at radius 1 is 0.760 bits per heavy atom. The summed E-state index contributed by atoms with van der Waals surface area (Å²) in [5.74, 6) is 0. The summed E-state index contributed by atoms with van der Waals surface area (Å²) in [6.07, 6.45) is 6.42. The molecule has 0 bridgehead atoms. The molecule has 1 heteroatoms. The Bertz CT molecular complexity index is 1100. The lowest BCUT2D eigenvalue weighted by Crippen LogP contribution is -1.93. The molecule has 0 fully saturated rings. The fraction of sp³-hybridized carbons (Fsp3) is 0.0833. The van der Waals surface area contributed by atoms with Gasteiger partial charge in [0.15, 0.2) is 0 Å². The summed E-state index contributed by atoms with van der Waals surface area (Å²) in [7, 11) is 0. The molecule has 0 unspecified atom stereocenters. The van der Waals surface area contributed by atoms with Crippen molar-refractivity contribution in [1.82, 2.24) is 4.57 Å². The van der Waals surface area contributed by atoms with Crippen LogP contribution in [0.4, 0.5) is 0 Å². The number of para-hydroxylation sites is 2. The predicted molar refractivity (Wildman–Crippen MR) is 109 cm³/mol. The summed E-state index contributed by atoms with van der Waals surface area (Å²) in [6, 6.07) is 26.0. The number of aromatic nitrogens is 1. The first-order chi connectivity index (χ1) is 12.3. The van der Waals surface area contributed by atoms with Gasteiger partial charge in [0.25, 0.3) is 0 Å². The van der Waals surface area contributed by atoms with E-state index in [1.807, 2.05) is 0 Å². The molecule has 4 aromatic rings. The van der Waals surface area contributed by atoms with Crippen LogP contribution < -0.4 is 0 Å². The van der Waals surface area contributed by atoms with Crippen LogP contribution in [0.25, 0.3) is 33.1 Å². The highest BCUT2D eigenvalue weighted by Crippen LogP contribution is 2.33. The summed E-state index contributed by atoms with van der Waals surface area (Å²) in [6.45, 7) is 4.15. The third-order valence-corrected chi connectivity index (χ3v) is 4.68. The second kappa shape index (κ2) is 6.45. The van der Waals surface area contributed by atoms with Gasteiger partial charge in [-0.05, 0) is 55.3 Å². The Morgan fingerprint density at radius 2 is 1.48 bits per heavy atom. The van der Waals surface area contributed by atoms with Crippen LogP contribution in [0.1, 0.15) is 19.4 Å². The van der Waals surface area contributed by atoms with Crippen molar-refractivity contribution in [2.24, 2.45) is 0 Å². The zero-order valence-electron chi connectivity index (χ0n) is 14.6. The largest absolute Gasteiger partial charge is 0.309 e. The van der Waals surface area contributed by atoms with Crippen LogP contribution in [0, 0.1) is 0 Å². The van der Waals surface area contributed by atoms with Gasteiger partial charge in [-0.25, -0.2) is 0 Å². The van der Waals surface area contributed by atoms with Crippen molar-refractivity contribution in [2.45, 2.75) is 13.8 Å². The minimum Gasteiger partial charge on any atom is -0.309 e. The van der Waals surface area contributed by atoms with Gasteiger partial charge in [0, 0.05) is 16.5 Å². The zero-order valence-corrected chi connectivity index (χ0v) is 14.6. The summed E-state index contributed by atoms with van der Waals surface area (Å²) >= 11 is 0. The topological polar surface area (TPSA) is 4.93 Å². The highest BCUT2D eigenvalue weighted by molar-refractivity contribution is 6.10. The first-order valence-electron chi connectivity index (χ1n) is 8.71. The number of rotatable bonds is 3.